The smallest absolute Gasteiger partial charge is 0.287 e. The van der Waals surface area contributed by atoms with Gasteiger partial charge in [-0.15, -0.1) is 0 Å². The number of anilines is 1. The van der Waals surface area contributed by atoms with Gasteiger partial charge in [-0.05, 0) is 36.6 Å². The standard InChI is InChI=1S/C19H24N2O4/c1-4-11-24-15-9-6-5-8-14(15)20-19(23)17(13(2)3)21-18(22)16-10-7-12-25-16/h5-10,12-13,17H,4,11H2,1-3H3,(H,20,23)(H,21,22)/t17-/m0/s1. The lowest BCUT2D eigenvalue weighted by Gasteiger charge is -2.22. The van der Waals surface area contributed by atoms with Gasteiger partial charge in [0, 0.05) is 0 Å². The topological polar surface area (TPSA) is 80.6 Å². The normalized spacial score (nSPS) is 11.8. The Bertz CT molecular complexity index is 695. The molecule has 134 valence electrons. The van der Waals surface area contributed by atoms with Crippen molar-refractivity contribution in [1.82, 2.24) is 5.32 Å². The molecular weight excluding hydrogens is 320 g/mol. The number of rotatable bonds is 8. The van der Waals surface area contributed by atoms with Crippen LogP contribution >= 0.6 is 0 Å². The van der Waals surface area contributed by atoms with Crippen LogP contribution in [0.4, 0.5) is 5.69 Å². The third kappa shape index (κ3) is 5.11. The highest BCUT2D eigenvalue weighted by Gasteiger charge is 2.26. The van der Waals surface area contributed by atoms with E-state index in [4.69, 9.17) is 9.15 Å². The molecule has 0 saturated carbocycles. The van der Waals surface area contributed by atoms with Gasteiger partial charge in [0.05, 0.1) is 18.6 Å². The summed E-state index contributed by atoms with van der Waals surface area (Å²) in [5, 5.41) is 5.56. The van der Waals surface area contributed by atoms with Gasteiger partial charge in [0.15, 0.2) is 5.76 Å². The number of amides is 2. The molecule has 0 fully saturated rings. The quantitative estimate of drug-likeness (QED) is 0.768. The van der Waals surface area contributed by atoms with Crippen LogP contribution < -0.4 is 15.4 Å². The summed E-state index contributed by atoms with van der Waals surface area (Å²) >= 11 is 0. The average Bonchev–Trinajstić information content (AvgIpc) is 3.13. The third-order valence-electron chi connectivity index (χ3n) is 3.59. The lowest BCUT2D eigenvalue weighted by molar-refractivity contribution is -0.118. The molecule has 6 heteroatoms. The van der Waals surface area contributed by atoms with E-state index in [1.807, 2.05) is 32.9 Å². The predicted molar refractivity (Wildman–Crippen MR) is 95.7 cm³/mol. The van der Waals surface area contributed by atoms with Crippen LogP contribution in [0.2, 0.25) is 0 Å². The summed E-state index contributed by atoms with van der Waals surface area (Å²) in [6, 6.07) is 9.72. The summed E-state index contributed by atoms with van der Waals surface area (Å²) < 4.78 is 10.7. The molecule has 1 heterocycles. The number of hydrogen-bond acceptors (Lipinski definition) is 4. The van der Waals surface area contributed by atoms with E-state index in [9.17, 15) is 9.59 Å². The highest BCUT2D eigenvalue weighted by Crippen LogP contribution is 2.24. The first-order chi connectivity index (χ1) is 12.0. The molecule has 1 aromatic heterocycles. The molecule has 2 amide bonds. The molecule has 0 unspecified atom stereocenters. The fraction of sp³-hybridized carbons (Fsp3) is 0.368. The Balaban J connectivity index is 2.09. The number of hydrogen-bond donors (Lipinski definition) is 2. The van der Waals surface area contributed by atoms with Crippen molar-refractivity contribution >= 4 is 17.5 Å². The van der Waals surface area contributed by atoms with Crippen LogP contribution in [-0.4, -0.2) is 24.5 Å². The lowest BCUT2D eigenvalue weighted by atomic mass is 10.0. The Morgan fingerprint density at radius 2 is 1.92 bits per heavy atom. The monoisotopic (exact) mass is 344 g/mol. The first-order valence-corrected chi connectivity index (χ1v) is 8.40. The van der Waals surface area contributed by atoms with Crippen LogP contribution in [0.25, 0.3) is 0 Å². The first kappa shape index (κ1) is 18.6. The Morgan fingerprint density at radius 3 is 2.56 bits per heavy atom. The van der Waals surface area contributed by atoms with Gasteiger partial charge in [-0.25, -0.2) is 0 Å². The molecule has 0 aliphatic heterocycles. The predicted octanol–water partition coefficient (Wildman–Crippen LogP) is 3.46. The van der Waals surface area contributed by atoms with Crippen molar-refractivity contribution in [3.05, 3.63) is 48.4 Å². The van der Waals surface area contributed by atoms with Crippen LogP contribution in [0.15, 0.2) is 47.1 Å². The summed E-state index contributed by atoms with van der Waals surface area (Å²) in [7, 11) is 0. The van der Waals surface area contributed by atoms with Crippen LogP contribution in [-0.2, 0) is 4.79 Å². The number of carbonyl (C=O) groups excluding carboxylic acids is 2. The van der Waals surface area contributed by atoms with E-state index in [1.54, 1.807) is 24.3 Å². The number of carbonyl (C=O) groups is 2. The maximum Gasteiger partial charge on any atom is 0.287 e. The minimum atomic E-state index is -0.697. The second kappa shape index (κ2) is 8.92. The Hall–Kier alpha value is -2.76. The molecule has 0 spiro atoms. The van der Waals surface area contributed by atoms with Crippen molar-refractivity contribution in [2.75, 3.05) is 11.9 Å². The maximum absolute atomic E-state index is 12.7. The molecule has 0 aliphatic carbocycles. The van der Waals surface area contributed by atoms with Crippen molar-refractivity contribution in [3.8, 4) is 5.75 Å². The first-order valence-electron chi connectivity index (χ1n) is 8.40. The number of nitrogens with one attached hydrogen (secondary N) is 2. The summed E-state index contributed by atoms with van der Waals surface area (Å²) in [5.74, 6) is -0.0397. The van der Waals surface area contributed by atoms with E-state index in [1.165, 1.54) is 6.26 Å². The van der Waals surface area contributed by atoms with Gasteiger partial charge in [0.2, 0.25) is 5.91 Å². The Kier molecular flexibility index (Phi) is 6.62. The number of furan rings is 1. The van der Waals surface area contributed by atoms with E-state index in [2.05, 4.69) is 10.6 Å². The minimum absolute atomic E-state index is 0.0948. The van der Waals surface area contributed by atoms with E-state index in [0.717, 1.165) is 6.42 Å². The molecule has 0 saturated heterocycles. The van der Waals surface area contributed by atoms with Gasteiger partial charge >= 0.3 is 0 Å². The van der Waals surface area contributed by atoms with Gasteiger partial charge in [-0.3, -0.25) is 9.59 Å². The summed E-state index contributed by atoms with van der Waals surface area (Å²) in [4.78, 5) is 24.8. The molecule has 2 aromatic rings. The molecule has 0 bridgehead atoms. The lowest BCUT2D eigenvalue weighted by Crippen LogP contribution is -2.47. The van der Waals surface area contributed by atoms with Crippen LogP contribution in [0.3, 0.4) is 0 Å². The molecule has 25 heavy (non-hydrogen) atoms. The number of ether oxygens (including phenoxy) is 1. The van der Waals surface area contributed by atoms with E-state index >= 15 is 0 Å². The van der Waals surface area contributed by atoms with Crippen molar-refractivity contribution in [2.24, 2.45) is 5.92 Å². The highest BCUT2D eigenvalue weighted by atomic mass is 16.5. The Morgan fingerprint density at radius 1 is 1.16 bits per heavy atom. The molecular formula is C19H24N2O4. The van der Waals surface area contributed by atoms with Crippen molar-refractivity contribution in [3.63, 3.8) is 0 Å². The third-order valence-corrected chi connectivity index (χ3v) is 3.59. The van der Waals surface area contributed by atoms with Crippen LogP contribution in [0.5, 0.6) is 5.75 Å². The second-order valence-electron chi connectivity index (χ2n) is 6.01. The number of benzene rings is 1. The molecule has 1 atom stereocenters. The minimum Gasteiger partial charge on any atom is -0.491 e. The van der Waals surface area contributed by atoms with E-state index in [-0.39, 0.29) is 17.6 Å². The van der Waals surface area contributed by atoms with Gasteiger partial charge < -0.3 is 19.8 Å². The molecule has 1 aromatic carbocycles. The van der Waals surface area contributed by atoms with E-state index in [0.29, 0.717) is 18.0 Å². The summed E-state index contributed by atoms with van der Waals surface area (Å²) in [6.07, 6.45) is 2.29. The van der Waals surface area contributed by atoms with Crippen LogP contribution in [0.1, 0.15) is 37.7 Å². The zero-order chi connectivity index (χ0) is 18.2. The summed E-state index contributed by atoms with van der Waals surface area (Å²) in [6.45, 7) is 6.31. The zero-order valence-electron chi connectivity index (χ0n) is 14.7. The van der Waals surface area contributed by atoms with Crippen molar-refractivity contribution < 1.29 is 18.7 Å². The second-order valence-corrected chi connectivity index (χ2v) is 6.01. The average molecular weight is 344 g/mol. The maximum atomic E-state index is 12.7. The van der Waals surface area contributed by atoms with E-state index < -0.39 is 11.9 Å². The largest absolute Gasteiger partial charge is 0.491 e. The molecule has 2 rings (SSSR count). The fourth-order valence-corrected chi connectivity index (χ4v) is 2.27. The van der Waals surface area contributed by atoms with Crippen molar-refractivity contribution in [1.29, 1.82) is 0 Å². The molecule has 0 aliphatic rings. The zero-order valence-corrected chi connectivity index (χ0v) is 14.7. The SMILES string of the molecule is CCCOc1ccccc1NC(=O)[C@@H](NC(=O)c1ccco1)C(C)C. The van der Waals surface area contributed by atoms with Gasteiger partial charge in [0.25, 0.3) is 5.91 Å². The molecule has 6 nitrogen and oxygen atoms in total. The van der Waals surface area contributed by atoms with Gasteiger partial charge in [0.1, 0.15) is 11.8 Å². The molecule has 2 N–H and O–H groups in total. The molecule has 0 radical (unpaired) electrons. The van der Waals surface area contributed by atoms with Gasteiger partial charge in [-0.2, -0.15) is 0 Å². The van der Waals surface area contributed by atoms with Crippen LogP contribution in [0, 0.1) is 5.92 Å². The number of para-hydroxylation sites is 2. The van der Waals surface area contributed by atoms with Gasteiger partial charge in [-0.1, -0.05) is 32.9 Å². The van der Waals surface area contributed by atoms with Crippen molar-refractivity contribution in [2.45, 2.75) is 33.2 Å². The highest BCUT2D eigenvalue weighted by molar-refractivity contribution is 6.00. The summed E-state index contributed by atoms with van der Waals surface area (Å²) in [5.41, 5.74) is 0.582. The fourth-order valence-electron chi connectivity index (χ4n) is 2.27. The Labute approximate surface area is 147 Å².